The first-order chi connectivity index (χ1) is 9.20. The Morgan fingerprint density at radius 2 is 2.05 bits per heavy atom. The molecule has 2 fully saturated rings. The monoisotopic (exact) mass is 267 g/mol. The molecule has 0 aromatic heterocycles. The number of carbonyl (C=O) groups is 1. The van der Waals surface area contributed by atoms with Gasteiger partial charge in [0.25, 0.3) is 0 Å². The van der Waals surface area contributed by atoms with E-state index in [1.165, 1.54) is 45.2 Å². The molecule has 19 heavy (non-hydrogen) atoms. The molecule has 0 spiro atoms. The van der Waals surface area contributed by atoms with Crippen molar-refractivity contribution in [3.05, 3.63) is 0 Å². The van der Waals surface area contributed by atoms with Gasteiger partial charge in [0.2, 0.25) is 5.91 Å². The topological polar surface area (TPSA) is 35.6 Å². The van der Waals surface area contributed by atoms with Gasteiger partial charge in [-0.3, -0.25) is 4.79 Å². The van der Waals surface area contributed by atoms with Gasteiger partial charge in [0.05, 0.1) is 0 Å². The van der Waals surface area contributed by atoms with Crippen LogP contribution in [0.1, 0.15) is 38.5 Å². The van der Waals surface area contributed by atoms with Gasteiger partial charge in [-0.15, -0.1) is 0 Å². The zero-order valence-corrected chi connectivity index (χ0v) is 12.5. The first-order valence-electron chi connectivity index (χ1n) is 7.84. The van der Waals surface area contributed by atoms with E-state index in [9.17, 15) is 4.79 Å². The van der Waals surface area contributed by atoms with Gasteiger partial charge in [0.15, 0.2) is 0 Å². The van der Waals surface area contributed by atoms with Gasteiger partial charge >= 0.3 is 0 Å². The highest BCUT2D eigenvalue weighted by molar-refractivity contribution is 5.75. The van der Waals surface area contributed by atoms with Crippen LogP contribution >= 0.6 is 0 Å². The molecule has 2 saturated heterocycles. The molecule has 0 unspecified atom stereocenters. The van der Waals surface area contributed by atoms with Crippen LogP contribution < -0.4 is 5.32 Å². The zero-order valence-electron chi connectivity index (χ0n) is 12.5. The summed E-state index contributed by atoms with van der Waals surface area (Å²) in [6.45, 7) is 4.65. The summed E-state index contributed by atoms with van der Waals surface area (Å²) in [4.78, 5) is 16.3. The molecule has 0 aromatic rings. The van der Waals surface area contributed by atoms with Crippen molar-refractivity contribution in [2.24, 2.45) is 5.92 Å². The fourth-order valence-corrected chi connectivity index (χ4v) is 3.70. The highest BCUT2D eigenvalue weighted by atomic mass is 16.1. The Kier molecular flexibility index (Phi) is 5.64. The van der Waals surface area contributed by atoms with Crippen LogP contribution in [0.3, 0.4) is 0 Å². The van der Waals surface area contributed by atoms with Gasteiger partial charge in [-0.05, 0) is 51.7 Å². The number of piperidine rings is 2. The van der Waals surface area contributed by atoms with Crippen molar-refractivity contribution in [1.29, 1.82) is 0 Å². The number of amides is 1. The predicted molar refractivity (Wildman–Crippen MR) is 78.1 cm³/mol. The summed E-state index contributed by atoms with van der Waals surface area (Å²) in [6.07, 6.45) is 7.51. The molecule has 2 atom stereocenters. The largest absolute Gasteiger partial charge is 0.359 e. The van der Waals surface area contributed by atoms with Gasteiger partial charge in [-0.25, -0.2) is 0 Å². The van der Waals surface area contributed by atoms with E-state index in [1.54, 1.807) is 7.05 Å². The number of fused-ring (bicyclic) bond motifs is 1. The maximum atomic E-state index is 11.3. The highest BCUT2D eigenvalue weighted by Crippen LogP contribution is 2.31. The standard InChI is InChI=1S/C15H29N3O/c1-16-15(19)8-11-17(2)12-13-6-5-10-18-9-4-3-7-14(13)18/h13-14H,3-12H2,1-2H3,(H,16,19)/t13-,14+/m0/s1. The van der Waals surface area contributed by atoms with Crippen molar-refractivity contribution in [3.8, 4) is 0 Å². The van der Waals surface area contributed by atoms with E-state index in [0.717, 1.165) is 25.0 Å². The van der Waals surface area contributed by atoms with Crippen LogP contribution in [0.5, 0.6) is 0 Å². The number of rotatable bonds is 5. The summed E-state index contributed by atoms with van der Waals surface area (Å²) in [6, 6.07) is 0.810. The molecule has 110 valence electrons. The van der Waals surface area contributed by atoms with Gasteiger partial charge in [0, 0.05) is 32.6 Å². The number of hydrogen-bond donors (Lipinski definition) is 1. The van der Waals surface area contributed by atoms with Crippen molar-refractivity contribution >= 4 is 5.91 Å². The second-order valence-electron chi connectivity index (χ2n) is 6.19. The smallest absolute Gasteiger partial charge is 0.221 e. The Balaban J connectivity index is 1.78. The van der Waals surface area contributed by atoms with Gasteiger partial charge < -0.3 is 15.1 Å². The Morgan fingerprint density at radius 3 is 2.84 bits per heavy atom. The molecule has 2 aliphatic heterocycles. The lowest BCUT2D eigenvalue weighted by atomic mass is 9.83. The van der Waals surface area contributed by atoms with Crippen LogP contribution in [0.2, 0.25) is 0 Å². The predicted octanol–water partition coefficient (Wildman–Crippen LogP) is 1.32. The van der Waals surface area contributed by atoms with Crippen LogP contribution in [0, 0.1) is 5.92 Å². The van der Waals surface area contributed by atoms with Crippen molar-refractivity contribution in [2.45, 2.75) is 44.6 Å². The molecule has 1 N–H and O–H groups in total. The maximum absolute atomic E-state index is 11.3. The minimum absolute atomic E-state index is 0.148. The molecule has 2 rings (SSSR count). The average molecular weight is 267 g/mol. The number of nitrogens with zero attached hydrogens (tertiary/aromatic N) is 2. The van der Waals surface area contributed by atoms with Crippen LogP contribution in [0.25, 0.3) is 0 Å². The van der Waals surface area contributed by atoms with E-state index in [2.05, 4.69) is 22.2 Å². The molecule has 4 nitrogen and oxygen atoms in total. The van der Waals surface area contributed by atoms with E-state index in [1.807, 2.05) is 0 Å². The molecule has 0 bridgehead atoms. The van der Waals surface area contributed by atoms with Crippen LogP contribution in [-0.4, -0.2) is 62.0 Å². The summed E-state index contributed by atoms with van der Waals surface area (Å²) in [7, 11) is 3.87. The molecule has 0 aromatic carbocycles. The van der Waals surface area contributed by atoms with E-state index in [-0.39, 0.29) is 5.91 Å². The lowest BCUT2D eigenvalue weighted by molar-refractivity contribution is -0.120. The van der Waals surface area contributed by atoms with Crippen LogP contribution in [-0.2, 0) is 4.79 Å². The van der Waals surface area contributed by atoms with Crippen molar-refractivity contribution < 1.29 is 4.79 Å². The van der Waals surface area contributed by atoms with E-state index in [0.29, 0.717) is 6.42 Å². The molecular weight excluding hydrogens is 238 g/mol. The quantitative estimate of drug-likeness (QED) is 0.816. The number of nitrogens with one attached hydrogen (secondary N) is 1. The normalized spacial score (nSPS) is 28.2. The van der Waals surface area contributed by atoms with Crippen molar-refractivity contribution in [1.82, 2.24) is 15.1 Å². The lowest BCUT2D eigenvalue weighted by Crippen LogP contribution is -2.50. The molecule has 0 aliphatic carbocycles. The minimum Gasteiger partial charge on any atom is -0.359 e. The van der Waals surface area contributed by atoms with Gasteiger partial charge in [-0.2, -0.15) is 0 Å². The third kappa shape index (κ3) is 4.18. The van der Waals surface area contributed by atoms with Crippen LogP contribution in [0.15, 0.2) is 0 Å². The molecule has 2 heterocycles. The number of hydrogen-bond acceptors (Lipinski definition) is 3. The maximum Gasteiger partial charge on any atom is 0.221 e. The highest BCUT2D eigenvalue weighted by Gasteiger charge is 2.33. The molecule has 4 heteroatoms. The summed E-state index contributed by atoms with van der Waals surface area (Å²) < 4.78 is 0. The van der Waals surface area contributed by atoms with E-state index in [4.69, 9.17) is 0 Å². The van der Waals surface area contributed by atoms with Gasteiger partial charge in [0.1, 0.15) is 0 Å². The van der Waals surface area contributed by atoms with E-state index >= 15 is 0 Å². The lowest BCUT2D eigenvalue weighted by Gasteiger charge is -2.45. The first kappa shape index (κ1) is 14.8. The Hall–Kier alpha value is -0.610. The minimum atomic E-state index is 0.148. The molecule has 0 saturated carbocycles. The Bertz CT molecular complexity index is 293. The molecule has 2 aliphatic rings. The summed E-state index contributed by atoms with van der Waals surface area (Å²) in [5.74, 6) is 0.957. The summed E-state index contributed by atoms with van der Waals surface area (Å²) in [5.41, 5.74) is 0. The average Bonchev–Trinajstić information content (AvgIpc) is 2.45. The Morgan fingerprint density at radius 1 is 1.26 bits per heavy atom. The fourth-order valence-electron chi connectivity index (χ4n) is 3.70. The summed E-state index contributed by atoms with van der Waals surface area (Å²) >= 11 is 0. The Labute approximate surface area is 117 Å². The van der Waals surface area contributed by atoms with Crippen molar-refractivity contribution in [2.75, 3.05) is 40.3 Å². The zero-order chi connectivity index (χ0) is 13.7. The van der Waals surface area contributed by atoms with Crippen molar-refractivity contribution in [3.63, 3.8) is 0 Å². The fraction of sp³-hybridized carbons (Fsp3) is 0.933. The first-order valence-corrected chi connectivity index (χ1v) is 7.84. The molecule has 0 radical (unpaired) electrons. The number of carbonyl (C=O) groups excluding carboxylic acids is 1. The van der Waals surface area contributed by atoms with E-state index < -0.39 is 0 Å². The SMILES string of the molecule is CNC(=O)CCN(C)C[C@@H]1CCCN2CCCC[C@H]12. The third-order valence-electron chi connectivity index (χ3n) is 4.77. The van der Waals surface area contributed by atoms with Crippen LogP contribution in [0.4, 0.5) is 0 Å². The second kappa shape index (κ2) is 7.25. The molecular formula is C15H29N3O. The molecule has 1 amide bonds. The van der Waals surface area contributed by atoms with Gasteiger partial charge in [-0.1, -0.05) is 6.42 Å². The second-order valence-corrected chi connectivity index (χ2v) is 6.19. The summed E-state index contributed by atoms with van der Waals surface area (Å²) in [5, 5.41) is 2.70. The third-order valence-corrected chi connectivity index (χ3v) is 4.77.